The molecule has 0 amide bonds. The number of rotatable bonds is 2. The van der Waals surface area contributed by atoms with Gasteiger partial charge in [0.2, 0.25) is 11.7 Å². The van der Waals surface area contributed by atoms with E-state index in [1.54, 1.807) is 0 Å². The third kappa shape index (κ3) is 2.31. The van der Waals surface area contributed by atoms with Gasteiger partial charge in [-0.15, -0.1) is 0 Å². The van der Waals surface area contributed by atoms with Crippen molar-refractivity contribution in [1.29, 1.82) is 0 Å². The maximum atomic E-state index is 6.18. The van der Waals surface area contributed by atoms with Crippen LogP contribution in [0, 0.1) is 0 Å². The number of fused-ring (bicyclic) bond motifs is 1. The Morgan fingerprint density at radius 3 is 2.86 bits per heavy atom. The van der Waals surface area contributed by atoms with E-state index in [1.807, 2.05) is 18.2 Å². The molecule has 2 N–H and O–H groups in total. The van der Waals surface area contributed by atoms with Crippen molar-refractivity contribution in [3.05, 3.63) is 41.5 Å². The molecule has 0 radical (unpaired) electrons. The van der Waals surface area contributed by atoms with Crippen LogP contribution in [0.5, 0.6) is 5.75 Å². The van der Waals surface area contributed by atoms with Crippen molar-refractivity contribution in [2.75, 3.05) is 0 Å². The lowest BCUT2D eigenvalue weighted by Crippen LogP contribution is -2.31. The third-order valence-electron chi connectivity index (χ3n) is 4.53. The number of hydrogen-bond donors (Lipinski definition) is 1. The molecule has 2 aromatic rings. The molecule has 3 atom stereocenters. The Morgan fingerprint density at radius 1 is 1.14 bits per heavy atom. The van der Waals surface area contributed by atoms with E-state index >= 15 is 0 Å². The molecule has 0 spiro atoms. The van der Waals surface area contributed by atoms with Crippen LogP contribution in [0.25, 0.3) is 0 Å². The summed E-state index contributed by atoms with van der Waals surface area (Å²) < 4.78 is 11.4. The number of nitrogens with two attached hydrogens (primary N) is 1. The van der Waals surface area contributed by atoms with E-state index in [0.29, 0.717) is 11.7 Å². The van der Waals surface area contributed by atoms with Gasteiger partial charge in [0.05, 0.1) is 5.92 Å². The Balaban J connectivity index is 1.53. The van der Waals surface area contributed by atoms with Gasteiger partial charge in [-0.3, -0.25) is 0 Å². The highest BCUT2D eigenvalue weighted by Gasteiger charge is 2.32. The molecule has 3 unspecified atom stereocenters. The van der Waals surface area contributed by atoms with Crippen molar-refractivity contribution < 1.29 is 9.26 Å². The lowest BCUT2D eigenvalue weighted by atomic mass is 9.85. The fraction of sp³-hybridized carbons (Fsp3) is 0.500. The molecule has 5 nitrogen and oxygen atoms in total. The van der Waals surface area contributed by atoms with Crippen molar-refractivity contribution in [1.82, 2.24) is 10.1 Å². The summed E-state index contributed by atoms with van der Waals surface area (Å²) in [5, 5.41) is 4.12. The van der Waals surface area contributed by atoms with Crippen LogP contribution in [0.3, 0.4) is 0 Å². The summed E-state index contributed by atoms with van der Waals surface area (Å²) in [4.78, 5) is 4.57. The standard InChI is InChI=1S/C16H19N3O2/c17-12-7-3-2-6-11(12)16-18-15(19-21-16)14-9-10-5-1-4-8-13(10)20-14/h1,4-5,8,11-12,14H,2-3,6-7,9,17H2. The average Bonchev–Trinajstić information content (AvgIpc) is 3.14. The topological polar surface area (TPSA) is 74.2 Å². The van der Waals surface area contributed by atoms with Crippen molar-refractivity contribution in [3.8, 4) is 5.75 Å². The first-order chi connectivity index (χ1) is 10.3. The zero-order valence-corrected chi connectivity index (χ0v) is 11.9. The van der Waals surface area contributed by atoms with Gasteiger partial charge in [-0.25, -0.2) is 0 Å². The largest absolute Gasteiger partial charge is 0.482 e. The Labute approximate surface area is 123 Å². The van der Waals surface area contributed by atoms with E-state index in [9.17, 15) is 0 Å². The summed E-state index contributed by atoms with van der Waals surface area (Å²) in [7, 11) is 0. The van der Waals surface area contributed by atoms with Crippen molar-refractivity contribution in [2.45, 2.75) is 50.2 Å². The van der Waals surface area contributed by atoms with E-state index in [4.69, 9.17) is 15.0 Å². The Bertz CT molecular complexity index is 615. The predicted molar refractivity (Wildman–Crippen MR) is 77.0 cm³/mol. The molecule has 2 aliphatic rings. The molecule has 5 heteroatoms. The molecule has 21 heavy (non-hydrogen) atoms. The second-order valence-electron chi connectivity index (χ2n) is 5.96. The molecule has 1 saturated carbocycles. The maximum absolute atomic E-state index is 6.18. The smallest absolute Gasteiger partial charge is 0.231 e. The van der Waals surface area contributed by atoms with Gasteiger partial charge in [-0.05, 0) is 24.5 Å². The minimum absolute atomic E-state index is 0.133. The van der Waals surface area contributed by atoms with Crippen LogP contribution in [0.15, 0.2) is 28.8 Å². The Hall–Kier alpha value is -1.88. The monoisotopic (exact) mass is 285 g/mol. The van der Waals surface area contributed by atoms with E-state index < -0.39 is 0 Å². The van der Waals surface area contributed by atoms with Gasteiger partial charge >= 0.3 is 0 Å². The molecule has 0 bridgehead atoms. The molecule has 0 saturated heterocycles. The van der Waals surface area contributed by atoms with Crippen LogP contribution >= 0.6 is 0 Å². The van der Waals surface area contributed by atoms with Crippen molar-refractivity contribution in [2.24, 2.45) is 5.73 Å². The summed E-state index contributed by atoms with van der Waals surface area (Å²) in [5.74, 6) is 2.43. The summed E-state index contributed by atoms with van der Waals surface area (Å²) in [5.41, 5.74) is 7.38. The minimum Gasteiger partial charge on any atom is -0.482 e. The molecule has 1 aliphatic heterocycles. The minimum atomic E-state index is -0.139. The molecular weight excluding hydrogens is 266 g/mol. The number of para-hydroxylation sites is 1. The van der Waals surface area contributed by atoms with Gasteiger partial charge in [-0.2, -0.15) is 4.98 Å². The van der Waals surface area contributed by atoms with Crippen LogP contribution in [0.1, 0.15) is 55.0 Å². The lowest BCUT2D eigenvalue weighted by molar-refractivity contribution is 0.220. The molecule has 1 aromatic carbocycles. The molecular formula is C16H19N3O2. The van der Waals surface area contributed by atoms with Gasteiger partial charge in [0.1, 0.15) is 5.75 Å². The van der Waals surface area contributed by atoms with E-state index in [2.05, 4.69) is 16.2 Å². The second-order valence-corrected chi connectivity index (χ2v) is 5.96. The highest BCUT2D eigenvalue weighted by Crippen LogP contribution is 2.36. The van der Waals surface area contributed by atoms with Gasteiger partial charge in [0.25, 0.3) is 0 Å². The zero-order valence-electron chi connectivity index (χ0n) is 11.9. The lowest BCUT2D eigenvalue weighted by Gasteiger charge is -2.25. The van der Waals surface area contributed by atoms with Crippen LogP contribution in [0.2, 0.25) is 0 Å². The second kappa shape index (κ2) is 5.15. The molecule has 110 valence electrons. The fourth-order valence-electron chi connectivity index (χ4n) is 3.32. The highest BCUT2D eigenvalue weighted by atomic mass is 16.5. The number of benzene rings is 1. The van der Waals surface area contributed by atoms with Gasteiger partial charge in [-0.1, -0.05) is 36.2 Å². The SMILES string of the molecule is NC1CCCCC1c1nc(C2Cc3ccccc3O2)no1. The Kier molecular flexibility index (Phi) is 3.15. The van der Waals surface area contributed by atoms with Crippen molar-refractivity contribution >= 4 is 0 Å². The van der Waals surface area contributed by atoms with E-state index in [0.717, 1.165) is 25.0 Å². The Morgan fingerprint density at radius 2 is 2.00 bits per heavy atom. The summed E-state index contributed by atoms with van der Waals surface area (Å²) in [6.45, 7) is 0. The van der Waals surface area contributed by atoms with Gasteiger partial charge in [0.15, 0.2) is 6.10 Å². The van der Waals surface area contributed by atoms with Crippen molar-refractivity contribution in [3.63, 3.8) is 0 Å². The zero-order chi connectivity index (χ0) is 14.2. The number of ether oxygens (including phenoxy) is 1. The molecule has 1 aliphatic carbocycles. The van der Waals surface area contributed by atoms with Crippen LogP contribution < -0.4 is 10.5 Å². The first-order valence-corrected chi connectivity index (χ1v) is 7.65. The maximum Gasteiger partial charge on any atom is 0.231 e. The normalized spacial score (nSPS) is 28.1. The molecule has 1 aromatic heterocycles. The molecule has 1 fully saturated rings. The summed E-state index contributed by atoms with van der Waals surface area (Å²) in [6.07, 6.45) is 5.11. The van der Waals surface area contributed by atoms with Crippen LogP contribution in [-0.2, 0) is 6.42 Å². The summed E-state index contributed by atoms with van der Waals surface area (Å²) in [6, 6.07) is 8.19. The van der Waals surface area contributed by atoms with Gasteiger partial charge in [0, 0.05) is 12.5 Å². The highest BCUT2D eigenvalue weighted by molar-refractivity contribution is 5.37. The average molecular weight is 285 g/mol. The van der Waals surface area contributed by atoms with E-state index in [-0.39, 0.29) is 18.1 Å². The quantitative estimate of drug-likeness (QED) is 0.918. The third-order valence-corrected chi connectivity index (χ3v) is 4.53. The van der Waals surface area contributed by atoms with E-state index in [1.165, 1.54) is 18.4 Å². The first-order valence-electron chi connectivity index (χ1n) is 7.65. The number of aromatic nitrogens is 2. The number of hydrogen-bond acceptors (Lipinski definition) is 5. The number of nitrogens with zero attached hydrogens (tertiary/aromatic N) is 2. The first kappa shape index (κ1) is 12.8. The van der Waals surface area contributed by atoms with Crippen LogP contribution in [-0.4, -0.2) is 16.2 Å². The fourth-order valence-corrected chi connectivity index (χ4v) is 3.32. The summed E-state index contributed by atoms with van der Waals surface area (Å²) >= 11 is 0. The molecule has 4 rings (SSSR count). The van der Waals surface area contributed by atoms with Gasteiger partial charge < -0.3 is 15.0 Å². The van der Waals surface area contributed by atoms with Crippen LogP contribution in [0.4, 0.5) is 0 Å². The molecule has 2 heterocycles. The predicted octanol–water partition coefficient (Wildman–Crippen LogP) is 2.73.